The molecular weight excluding hydrogens is 310 g/mol. The predicted octanol–water partition coefficient (Wildman–Crippen LogP) is 1.08. The van der Waals surface area contributed by atoms with Gasteiger partial charge in [-0.2, -0.15) is 4.72 Å². The molecule has 0 fully saturated rings. The Hall–Kier alpha value is -2.00. The quantitative estimate of drug-likeness (QED) is 0.570. The Labute approximate surface area is 128 Å². The maximum atomic E-state index is 12.4. The fourth-order valence-corrected chi connectivity index (χ4v) is 3.49. The highest BCUT2D eigenvalue weighted by atomic mass is 32.2. The van der Waals surface area contributed by atoms with E-state index in [9.17, 15) is 23.3 Å². The van der Waals surface area contributed by atoms with Crippen LogP contribution in [0.4, 0.5) is 5.69 Å². The third-order valence-corrected chi connectivity index (χ3v) is 5.06. The van der Waals surface area contributed by atoms with Crippen molar-refractivity contribution in [3.8, 4) is 0 Å². The van der Waals surface area contributed by atoms with Gasteiger partial charge in [-0.1, -0.05) is 26.3 Å². The molecular formula is C13H19N3O5S. The van der Waals surface area contributed by atoms with Crippen LogP contribution < -0.4 is 10.5 Å². The lowest BCUT2D eigenvalue weighted by molar-refractivity contribution is -0.385. The lowest BCUT2D eigenvalue weighted by Crippen LogP contribution is -2.48. The Morgan fingerprint density at radius 1 is 1.45 bits per heavy atom. The highest BCUT2D eigenvalue weighted by Gasteiger charge is 2.29. The first-order valence-electron chi connectivity index (χ1n) is 6.66. The summed E-state index contributed by atoms with van der Waals surface area (Å²) in [7, 11) is -4.10. The first-order valence-corrected chi connectivity index (χ1v) is 8.15. The van der Waals surface area contributed by atoms with E-state index < -0.39 is 26.9 Å². The minimum Gasteiger partial charge on any atom is -0.368 e. The minimum absolute atomic E-state index is 0.240. The Bertz CT molecular complexity index is 687. The van der Waals surface area contributed by atoms with E-state index in [-0.39, 0.29) is 16.5 Å². The van der Waals surface area contributed by atoms with Crippen LogP contribution in [0.5, 0.6) is 0 Å². The van der Waals surface area contributed by atoms with E-state index in [1.54, 1.807) is 13.8 Å². The number of carbonyl (C=O) groups excluding carboxylic acids is 1. The second kappa shape index (κ2) is 6.84. The van der Waals surface area contributed by atoms with E-state index in [1.807, 2.05) is 0 Å². The molecule has 0 heterocycles. The number of non-ortho nitro benzene ring substituents is 1. The molecule has 8 nitrogen and oxygen atoms in total. The number of nitrogens with two attached hydrogens (primary N) is 1. The second-order valence-electron chi connectivity index (χ2n) is 5.09. The zero-order valence-corrected chi connectivity index (χ0v) is 13.4. The number of aryl methyl sites for hydroxylation is 1. The molecule has 0 radical (unpaired) electrons. The molecule has 1 amide bonds. The summed E-state index contributed by atoms with van der Waals surface area (Å²) in [6.45, 7) is 5.01. The number of sulfonamides is 1. The summed E-state index contributed by atoms with van der Waals surface area (Å²) in [4.78, 5) is 21.3. The normalized spacial score (nSPS) is 14.3. The van der Waals surface area contributed by atoms with Crippen LogP contribution in [0.15, 0.2) is 23.1 Å². The Balaban J connectivity index is 3.26. The molecule has 0 aromatic heterocycles. The fourth-order valence-electron chi connectivity index (χ4n) is 1.91. The topological polar surface area (TPSA) is 132 Å². The van der Waals surface area contributed by atoms with Gasteiger partial charge in [0.15, 0.2) is 0 Å². The molecule has 9 heteroatoms. The second-order valence-corrected chi connectivity index (χ2v) is 6.78. The predicted molar refractivity (Wildman–Crippen MR) is 80.6 cm³/mol. The number of hydrogen-bond acceptors (Lipinski definition) is 5. The molecule has 122 valence electrons. The third kappa shape index (κ3) is 4.01. The molecule has 0 aliphatic carbocycles. The van der Waals surface area contributed by atoms with Gasteiger partial charge in [-0.25, -0.2) is 8.42 Å². The van der Waals surface area contributed by atoms with Crippen molar-refractivity contribution < 1.29 is 18.1 Å². The maximum absolute atomic E-state index is 12.4. The molecule has 0 saturated carbocycles. The maximum Gasteiger partial charge on any atom is 0.270 e. The number of nitro groups is 1. The SMILES string of the molecule is CCC(C)C(NS(=O)(=O)c1cc([N+](=O)[O-])ccc1C)C(N)=O. The van der Waals surface area contributed by atoms with Gasteiger partial charge in [-0.05, 0) is 18.4 Å². The first-order chi connectivity index (χ1) is 10.1. The van der Waals surface area contributed by atoms with Gasteiger partial charge < -0.3 is 5.73 Å². The molecule has 0 spiro atoms. The molecule has 0 saturated heterocycles. The van der Waals surface area contributed by atoms with Crippen LogP contribution in [0.1, 0.15) is 25.8 Å². The van der Waals surface area contributed by atoms with Gasteiger partial charge in [0.05, 0.1) is 9.82 Å². The highest BCUT2D eigenvalue weighted by Crippen LogP contribution is 2.22. The third-order valence-electron chi connectivity index (χ3n) is 3.47. The smallest absolute Gasteiger partial charge is 0.270 e. The molecule has 2 atom stereocenters. The average molecular weight is 329 g/mol. The number of amides is 1. The fraction of sp³-hybridized carbons (Fsp3) is 0.462. The standard InChI is InChI=1S/C13H19N3O5S/c1-4-8(2)12(13(14)17)15-22(20,21)11-7-10(16(18)19)6-5-9(11)3/h5-8,12,15H,4H2,1-3H3,(H2,14,17). The minimum atomic E-state index is -4.10. The van der Waals surface area contributed by atoms with E-state index >= 15 is 0 Å². The van der Waals surface area contributed by atoms with Gasteiger partial charge in [-0.3, -0.25) is 14.9 Å². The molecule has 1 aromatic rings. The van der Waals surface area contributed by atoms with Crippen molar-refractivity contribution in [3.63, 3.8) is 0 Å². The summed E-state index contributed by atoms with van der Waals surface area (Å²) < 4.78 is 27.1. The van der Waals surface area contributed by atoms with E-state index in [0.29, 0.717) is 12.0 Å². The van der Waals surface area contributed by atoms with E-state index in [0.717, 1.165) is 6.07 Å². The molecule has 3 N–H and O–H groups in total. The Morgan fingerprint density at radius 2 is 2.05 bits per heavy atom. The van der Waals surface area contributed by atoms with Crippen LogP contribution in [0.25, 0.3) is 0 Å². The number of nitrogens with one attached hydrogen (secondary N) is 1. The van der Waals surface area contributed by atoms with E-state index in [2.05, 4.69) is 4.72 Å². The highest BCUT2D eigenvalue weighted by molar-refractivity contribution is 7.89. The summed E-state index contributed by atoms with van der Waals surface area (Å²) in [5.74, 6) is -1.09. The van der Waals surface area contributed by atoms with Gasteiger partial charge >= 0.3 is 0 Å². The van der Waals surface area contributed by atoms with Crippen LogP contribution in [0.3, 0.4) is 0 Å². The van der Waals surface area contributed by atoms with Crippen molar-refractivity contribution in [1.82, 2.24) is 4.72 Å². The van der Waals surface area contributed by atoms with Crippen LogP contribution >= 0.6 is 0 Å². The van der Waals surface area contributed by atoms with Crippen molar-refractivity contribution in [2.45, 2.75) is 38.1 Å². The van der Waals surface area contributed by atoms with Gasteiger partial charge in [0.1, 0.15) is 6.04 Å². The number of hydrogen-bond donors (Lipinski definition) is 2. The summed E-state index contributed by atoms with van der Waals surface area (Å²) >= 11 is 0. The summed E-state index contributed by atoms with van der Waals surface area (Å²) in [6, 6.07) is 2.45. The number of rotatable bonds is 7. The van der Waals surface area contributed by atoms with Crippen LogP contribution in [-0.4, -0.2) is 25.3 Å². The number of nitro benzene ring substituents is 1. The van der Waals surface area contributed by atoms with E-state index in [4.69, 9.17) is 5.73 Å². The monoisotopic (exact) mass is 329 g/mol. The Morgan fingerprint density at radius 3 is 2.50 bits per heavy atom. The molecule has 22 heavy (non-hydrogen) atoms. The molecule has 2 unspecified atom stereocenters. The van der Waals surface area contributed by atoms with Crippen LogP contribution in [-0.2, 0) is 14.8 Å². The molecule has 0 bridgehead atoms. The van der Waals surface area contributed by atoms with Gasteiger partial charge in [0, 0.05) is 12.1 Å². The summed E-state index contributed by atoms with van der Waals surface area (Å²) in [5.41, 5.74) is 5.24. The Kier molecular flexibility index (Phi) is 5.61. The van der Waals surface area contributed by atoms with Gasteiger partial charge in [0.2, 0.25) is 15.9 Å². The number of primary amides is 1. The first kappa shape index (κ1) is 18.1. The summed E-state index contributed by atoms with van der Waals surface area (Å²) in [6.07, 6.45) is 0.546. The van der Waals surface area contributed by atoms with Crippen LogP contribution in [0, 0.1) is 23.0 Å². The van der Waals surface area contributed by atoms with Crippen molar-refractivity contribution in [2.24, 2.45) is 11.7 Å². The van der Waals surface area contributed by atoms with Crippen molar-refractivity contribution in [1.29, 1.82) is 0 Å². The number of nitrogens with zero attached hydrogens (tertiary/aromatic N) is 1. The van der Waals surface area contributed by atoms with Crippen molar-refractivity contribution in [2.75, 3.05) is 0 Å². The van der Waals surface area contributed by atoms with Crippen LogP contribution in [0.2, 0.25) is 0 Å². The lowest BCUT2D eigenvalue weighted by atomic mass is 10.00. The van der Waals surface area contributed by atoms with Gasteiger partial charge in [0.25, 0.3) is 5.69 Å². The molecule has 0 aliphatic heterocycles. The molecule has 1 rings (SSSR count). The zero-order chi connectivity index (χ0) is 17.1. The molecule has 1 aromatic carbocycles. The average Bonchev–Trinajstić information content (AvgIpc) is 2.43. The van der Waals surface area contributed by atoms with Gasteiger partial charge in [-0.15, -0.1) is 0 Å². The molecule has 0 aliphatic rings. The zero-order valence-electron chi connectivity index (χ0n) is 12.6. The van der Waals surface area contributed by atoms with Crippen molar-refractivity contribution >= 4 is 21.6 Å². The lowest BCUT2D eigenvalue weighted by Gasteiger charge is -2.21. The summed E-state index contributed by atoms with van der Waals surface area (Å²) in [5, 5.41) is 10.8. The number of carbonyl (C=O) groups is 1. The van der Waals surface area contributed by atoms with E-state index in [1.165, 1.54) is 19.1 Å². The largest absolute Gasteiger partial charge is 0.368 e. The number of benzene rings is 1. The van der Waals surface area contributed by atoms with Crippen molar-refractivity contribution in [3.05, 3.63) is 33.9 Å².